The normalized spacial score (nSPS) is 16.7. The lowest BCUT2D eigenvalue weighted by Gasteiger charge is -2.22. The number of rotatable bonds is 6. The van der Waals surface area contributed by atoms with E-state index in [0.717, 1.165) is 18.3 Å². The topological polar surface area (TPSA) is 30.5 Å². The zero-order valence-electron chi connectivity index (χ0n) is 11.2. The summed E-state index contributed by atoms with van der Waals surface area (Å²) in [5.74, 6) is 1.74. The molecule has 0 spiro atoms. The highest BCUT2D eigenvalue weighted by atomic mass is 16.5. The van der Waals surface area contributed by atoms with Crippen molar-refractivity contribution in [2.24, 2.45) is 5.92 Å². The molecule has 1 aromatic carbocycles. The second-order valence-electron chi connectivity index (χ2n) is 4.89. The molecule has 3 heteroatoms. The van der Waals surface area contributed by atoms with Crippen LogP contribution in [0.25, 0.3) is 0 Å². The van der Waals surface area contributed by atoms with E-state index >= 15 is 0 Å². The van der Waals surface area contributed by atoms with E-state index in [1.54, 1.807) is 7.11 Å². The molecule has 0 aliphatic carbocycles. The number of piperidine rings is 1. The van der Waals surface area contributed by atoms with E-state index in [4.69, 9.17) is 9.47 Å². The molecule has 1 aromatic rings. The molecule has 0 amide bonds. The molecule has 0 atom stereocenters. The van der Waals surface area contributed by atoms with Crippen LogP contribution in [0, 0.1) is 5.92 Å². The summed E-state index contributed by atoms with van der Waals surface area (Å²) in [6, 6.07) is 8.07. The molecule has 0 saturated carbocycles. The van der Waals surface area contributed by atoms with Crippen molar-refractivity contribution in [1.29, 1.82) is 0 Å². The minimum Gasteiger partial charge on any atom is -0.497 e. The zero-order valence-corrected chi connectivity index (χ0v) is 11.2. The van der Waals surface area contributed by atoms with E-state index < -0.39 is 0 Å². The molecule has 1 fully saturated rings. The predicted molar refractivity (Wildman–Crippen MR) is 72.9 cm³/mol. The van der Waals surface area contributed by atoms with Gasteiger partial charge in [0.1, 0.15) is 5.75 Å². The molecule has 2 rings (SSSR count). The van der Waals surface area contributed by atoms with Crippen LogP contribution in [0.3, 0.4) is 0 Å². The molecule has 0 radical (unpaired) electrons. The third-order valence-electron chi connectivity index (χ3n) is 3.53. The van der Waals surface area contributed by atoms with Gasteiger partial charge in [-0.15, -0.1) is 0 Å². The maximum atomic E-state index is 5.75. The molecular formula is C15H23NO2. The van der Waals surface area contributed by atoms with E-state index in [-0.39, 0.29) is 0 Å². The van der Waals surface area contributed by atoms with Gasteiger partial charge in [0.2, 0.25) is 0 Å². The Morgan fingerprint density at radius 2 is 2.11 bits per heavy atom. The molecule has 1 aliphatic rings. The molecule has 3 nitrogen and oxygen atoms in total. The van der Waals surface area contributed by atoms with Crippen LogP contribution in [-0.4, -0.2) is 26.8 Å². The van der Waals surface area contributed by atoms with Gasteiger partial charge in [0.15, 0.2) is 0 Å². The Labute approximate surface area is 109 Å². The fourth-order valence-corrected chi connectivity index (χ4v) is 2.37. The summed E-state index contributed by atoms with van der Waals surface area (Å²) in [6.45, 7) is 3.88. The Kier molecular flexibility index (Phi) is 5.49. The number of benzene rings is 1. The maximum Gasteiger partial charge on any atom is 0.119 e. The van der Waals surface area contributed by atoms with E-state index in [0.29, 0.717) is 6.61 Å². The lowest BCUT2D eigenvalue weighted by molar-refractivity contribution is 0.102. The van der Waals surface area contributed by atoms with Crippen LogP contribution in [0.4, 0.5) is 0 Å². The molecule has 0 unspecified atom stereocenters. The molecule has 100 valence electrons. The Hall–Kier alpha value is -1.06. The van der Waals surface area contributed by atoms with Crippen LogP contribution < -0.4 is 10.1 Å². The van der Waals surface area contributed by atoms with Gasteiger partial charge in [-0.1, -0.05) is 12.1 Å². The fraction of sp³-hybridized carbons (Fsp3) is 0.600. The highest BCUT2D eigenvalue weighted by molar-refractivity contribution is 5.27. The third-order valence-corrected chi connectivity index (χ3v) is 3.53. The maximum absolute atomic E-state index is 5.75. The first-order chi connectivity index (χ1) is 8.88. The smallest absolute Gasteiger partial charge is 0.119 e. The van der Waals surface area contributed by atoms with Crippen molar-refractivity contribution in [1.82, 2.24) is 5.32 Å². The first-order valence-electron chi connectivity index (χ1n) is 6.80. The summed E-state index contributed by atoms with van der Waals surface area (Å²) in [5, 5.41) is 3.39. The second kappa shape index (κ2) is 7.39. The van der Waals surface area contributed by atoms with Gasteiger partial charge >= 0.3 is 0 Å². The summed E-state index contributed by atoms with van der Waals surface area (Å²) >= 11 is 0. The minimum atomic E-state index is 0.683. The SMILES string of the molecule is COc1cccc(COCCC2CCNCC2)c1. The molecule has 1 N–H and O–H groups in total. The number of methoxy groups -OCH3 is 1. The predicted octanol–water partition coefficient (Wildman–Crippen LogP) is 2.60. The second-order valence-corrected chi connectivity index (χ2v) is 4.89. The van der Waals surface area contributed by atoms with Crippen molar-refractivity contribution in [3.05, 3.63) is 29.8 Å². The molecule has 0 bridgehead atoms. The van der Waals surface area contributed by atoms with E-state index in [2.05, 4.69) is 11.4 Å². The van der Waals surface area contributed by atoms with Crippen LogP contribution in [-0.2, 0) is 11.3 Å². The van der Waals surface area contributed by atoms with Gasteiger partial charge in [0.05, 0.1) is 13.7 Å². The Morgan fingerprint density at radius 3 is 2.89 bits per heavy atom. The van der Waals surface area contributed by atoms with Crippen LogP contribution >= 0.6 is 0 Å². The number of ether oxygens (including phenoxy) is 2. The van der Waals surface area contributed by atoms with Crippen molar-refractivity contribution in [2.45, 2.75) is 25.9 Å². The van der Waals surface area contributed by atoms with Gasteiger partial charge in [-0.25, -0.2) is 0 Å². The molecule has 1 aliphatic heterocycles. The average Bonchev–Trinajstić information content (AvgIpc) is 2.45. The van der Waals surface area contributed by atoms with Crippen molar-refractivity contribution < 1.29 is 9.47 Å². The van der Waals surface area contributed by atoms with Crippen LogP contribution in [0.15, 0.2) is 24.3 Å². The first kappa shape index (κ1) is 13.4. The first-order valence-corrected chi connectivity index (χ1v) is 6.80. The fourth-order valence-electron chi connectivity index (χ4n) is 2.37. The number of hydrogen-bond donors (Lipinski definition) is 1. The Morgan fingerprint density at radius 1 is 1.28 bits per heavy atom. The lowest BCUT2D eigenvalue weighted by Crippen LogP contribution is -2.28. The molecule has 1 heterocycles. The van der Waals surface area contributed by atoms with Crippen LogP contribution in [0.2, 0.25) is 0 Å². The third kappa shape index (κ3) is 4.31. The van der Waals surface area contributed by atoms with E-state index in [1.807, 2.05) is 18.2 Å². The number of hydrogen-bond acceptors (Lipinski definition) is 3. The zero-order chi connectivity index (χ0) is 12.6. The molecule has 1 saturated heterocycles. The van der Waals surface area contributed by atoms with Crippen LogP contribution in [0.1, 0.15) is 24.8 Å². The minimum absolute atomic E-state index is 0.683. The van der Waals surface area contributed by atoms with Gasteiger partial charge in [-0.05, 0) is 56.0 Å². The van der Waals surface area contributed by atoms with Gasteiger partial charge in [-0.3, -0.25) is 0 Å². The monoisotopic (exact) mass is 249 g/mol. The van der Waals surface area contributed by atoms with Gasteiger partial charge in [0, 0.05) is 6.61 Å². The van der Waals surface area contributed by atoms with E-state index in [9.17, 15) is 0 Å². The lowest BCUT2D eigenvalue weighted by atomic mass is 9.95. The van der Waals surface area contributed by atoms with Gasteiger partial charge in [-0.2, -0.15) is 0 Å². The van der Waals surface area contributed by atoms with Crippen molar-refractivity contribution >= 4 is 0 Å². The largest absolute Gasteiger partial charge is 0.497 e. The summed E-state index contributed by atoms with van der Waals surface area (Å²) in [6.07, 6.45) is 3.77. The highest BCUT2D eigenvalue weighted by Gasteiger charge is 2.12. The van der Waals surface area contributed by atoms with Crippen molar-refractivity contribution in [3.63, 3.8) is 0 Å². The summed E-state index contributed by atoms with van der Waals surface area (Å²) in [7, 11) is 1.69. The standard InChI is InChI=1S/C15H23NO2/c1-17-15-4-2-3-14(11-15)12-18-10-7-13-5-8-16-9-6-13/h2-4,11,13,16H,5-10,12H2,1H3. The van der Waals surface area contributed by atoms with Crippen molar-refractivity contribution in [2.75, 3.05) is 26.8 Å². The Bertz CT molecular complexity index is 348. The summed E-state index contributed by atoms with van der Waals surface area (Å²) in [4.78, 5) is 0. The van der Waals surface area contributed by atoms with Gasteiger partial charge in [0.25, 0.3) is 0 Å². The highest BCUT2D eigenvalue weighted by Crippen LogP contribution is 2.17. The average molecular weight is 249 g/mol. The van der Waals surface area contributed by atoms with E-state index in [1.165, 1.54) is 37.9 Å². The van der Waals surface area contributed by atoms with Crippen molar-refractivity contribution in [3.8, 4) is 5.75 Å². The Balaban J connectivity index is 1.65. The quantitative estimate of drug-likeness (QED) is 0.786. The summed E-state index contributed by atoms with van der Waals surface area (Å²) in [5.41, 5.74) is 1.18. The van der Waals surface area contributed by atoms with Crippen LogP contribution in [0.5, 0.6) is 5.75 Å². The number of nitrogens with one attached hydrogen (secondary N) is 1. The molecule has 0 aromatic heterocycles. The van der Waals surface area contributed by atoms with Gasteiger partial charge < -0.3 is 14.8 Å². The summed E-state index contributed by atoms with van der Waals surface area (Å²) < 4.78 is 10.9. The molecular weight excluding hydrogens is 226 g/mol. The molecule has 18 heavy (non-hydrogen) atoms.